The van der Waals surface area contributed by atoms with Gasteiger partial charge in [0, 0.05) is 18.7 Å². The van der Waals surface area contributed by atoms with Crippen LogP contribution in [0, 0.1) is 5.82 Å². The zero-order valence-electron chi connectivity index (χ0n) is 12.7. The molecule has 0 aliphatic carbocycles. The van der Waals surface area contributed by atoms with Gasteiger partial charge in [-0.2, -0.15) is 4.98 Å². The van der Waals surface area contributed by atoms with Gasteiger partial charge in [0.25, 0.3) is 5.88 Å². The fraction of sp³-hybridized carbons (Fsp3) is 0.438. The molecule has 4 nitrogen and oxygen atoms in total. The Balaban J connectivity index is 0.000000774. The highest BCUT2D eigenvalue weighted by Gasteiger charge is 2.22. The van der Waals surface area contributed by atoms with Gasteiger partial charge in [0.05, 0.1) is 0 Å². The topological polar surface area (TPSA) is 38.5 Å². The van der Waals surface area contributed by atoms with Gasteiger partial charge in [0.2, 0.25) is 5.89 Å². The first-order valence-corrected chi connectivity index (χ1v) is 7.27. The third kappa shape index (κ3) is 4.04. The second kappa shape index (κ2) is 7.22. The summed E-state index contributed by atoms with van der Waals surface area (Å²) in [7, 11) is 2.07. The van der Waals surface area contributed by atoms with E-state index in [1.807, 2.05) is 13.8 Å². The van der Waals surface area contributed by atoms with E-state index in [1.165, 1.54) is 18.4 Å². The number of rotatable bonds is 3. The maximum Gasteiger partial charge on any atom is 0.253 e. The quantitative estimate of drug-likeness (QED) is 0.866. The molecule has 114 valence electrons. The lowest BCUT2D eigenvalue weighted by molar-refractivity contribution is 0.200. The van der Waals surface area contributed by atoms with Crippen molar-refractivity contribution in [3.8, 4) is 17.3 Å². The molecule has 0 bridgehead atoms. The number of benzene rings is 1. The van der Waals surface area contributed by atoms with Gasteiger partial charge < -0.3 is 14.1 Å². The van der Waals surface area contributed by atoms with Crippen LogP contribution in [-0.4, -0.2) is 36.1 Å². The highest BCUT2D eigenvalue weighted by atomic mass is 19.1. The van der Waals surface area contributed by atoms with E-state index < -0.39 is 0 Å². The number of nitrogens with zero attached hydrogens (tertiary/aromatic N) is 2. The second-order valence-corrected chi connectivity index (χ2v) is 4.79. The first-order valence-electron chi connectivity index (χ1n) is 7.27. The van der Waals surface area contributed by atoms with Gasteiger partial charge in [-0.25, -0.2) is 4.39 Å². The van der Waals surface area contributed by atoms with Crippen molar-refractivity contribution in [2.75, 3.05) is 20.1 Å². The number of ether oxygens (including phenoxy) is 1. The molecular formula is C16H21FN2O2. The molecule has 0 saturated carbocycles. The zero-order chi connectivity index (χ0) is 15.2. The third-order valence-electron chi connectivity index (χ3n) is 3.21. The number of oxazole rings is 1. The predicted molar refractivity (Wildman–Crippen MR) is 79.8 cm³/mol. The monoisotopic (exact) mass is 292 g/mol. The lowest BCUT2D eigenvalue weighted by Crippen LogP contribution is -2.21. The fourth-order valence-electron chi connectivity index (χ4n) is 2.20. The molecule has 1 aliphatic heterocycles. The molecule has 1 aliphatic rings. The second-order valence-electron chi connectivity index (χ2n) is 4.79. The van der Waals surface area contributed by atoms with Crippen molar-refractivity contribution in [1.82, 2.24) is 9.88 Å². The molecule has 1 saturated heterocycles. The Morgan fingerprint density at radius 3 is 2.62 bits per heavy atom. The maximum absolute atomic E-state index is 12.8. The number of halogens is 1. The summed E-state index contributed by atoms with van der Waals surface area (Å²) < 4.78 is 23.9. The molecule has 1 aromatic carbocycles. The molecule has 3 rings (SSSR count). The minimum Gasteiger partial charge on any atom is -0.471 e. The van der Waals surface area contributed by atoms with Crippen LogP contribution in [0.2, 0.25) is 0 Å². The van der Waals surface area contributed by atoms with Crippen molar-refractivity contribution in [1.29, 1.82) is 0 Å². The average Bonchev–Trinajstić information content (AvgIpc) is 3.12. The number of aromatic nitrogens is 1. The highest BCUT2D eigenvalue weighted by Crippen LogP contribution is 2.23. The SMILES string of the molecule is CC.CN1CCC(Oc2coc(-c3ccc(F)cc3)n2)C1. The summed E-state index contributed by atoms with van der Waals surface area (Å²) in [6.45, 7) is 5.94. The average molecular weight is 292 g/mol. The van der Waals surface area contributed by atoms with E-state index in [0.717, 1.165) is 25.1 Å². The number of likely N-dealkylation sites (tertiary alicyclic amines) is 1. The smallest absolute Gasteiger partial charge is 0.253 e. The van der Waals surface area contributed by atoms with Crippen molar-refractivity contribution in [3.05, 3.63) is 36.3 Å². The summed E-state index contributed by atoms with van der Waals surface area (Å²) in [6.07, 6.45) is 2.66. The van der Waals surface area contributed by atoms with Crippen LogP contribution >= 0.6 is 0 Å². The van der Waals surface area contributed by atoms with E-state index in [-0.39, 0.29) is 11.9 Å². The predicted octanol–water partition coefficient (Wildman–Crippen LogP) is 3.59. The Kier molecular flexibility index (Phi) is 5.33. The van der Waals surface area contributed by atoms with Crippen molar-refractivity contribution in [2.45, 2.75) is 26.4 Å². The molecule has 0 radical (unpaired) electrons. The van der Waals surface area contributed by atoms with E-state index in [9.17, 15) is 4.39 Å². The van der Waals surface area contributed by atoms with Gasteiger partial charge in [-0.3, -0.25) is 0 Å². The molecule has 0 amide bonds. The summed E-state index contributed by atoms with van der Waals surface area (Å²) >= 11 is 0. The van der Waals surface area contributed by atoms with Gasteiger partial charge in [-0.15, -0.1) is 0 Å². The summed E-state index contributed by atoms with van der Waals surface area (Å²) in [5.41, 5.74) is 0.736. The Bertz CT molecular complexity index is 554. The first kappa shape index (κ1) is 15.5. The van der Waals surface area contributed by atoms with Crippen LogP contribution in [0.4, 0.5) is 4.39 Å². The van der Waals surface area contributed by atoms with Crippen LogP contribution in [0.1, 0.15) is 20.3 Å². The summed E-state index contributed by atoms with van der Waals surface area (Å²) in [4.78, 5) is 6.48. The molecule has 2 aromatic rings. The summed E-state index contributed by atoms with van der Waals surface area (Å²) in [5.74, 6) is 0.654. The Labute approximate surface area is 124 Å². The van der Waals surface area contributed by atoms with Gasteiger partial charge in [0.15, 0.2) is 6.26 Å². The van der Waals surface area contributed by atoms with Gasteiger partial charge in [-0.1, -0.05) is 13.8 Å². The standard InChI is InChI=1S/C14H15FN2O2.C2H6/c1-17-7-6-12(8-17)19-13-9-18-14(16-13)10-2-4-11(15)5-3-10;1-2/h2-5,9,12H,6-8H2,1H3;1-2H3. The minimum absolute atomic E-state index is 0.163. The van der Waals surface area contributed by atoms with E-state index in [2.05, 4.69) is 16.9 Å². The molecule has 2 heterocycles. The number of hydrogen-bond donors (Lipinski definition) is 0. The highest BCUT2D eigenvalue weighted by molar-refractivity contribution is 5.53. The third-order valence-corrected chi connectivity index (χ3v) is 3.21. The molecule has 1 unspecified atom stereocenters. The van der Waals surface area contributed by atoms with Crippen LogP contribution in [0.3, 0.4) is 0 Å². The Morgan fingerprint density at radius 2 is 2.00 bits per heavy atom. The Morgan fingerprint density at radius 1 is 1.29 bits per heavy atom. The molecule has 1 fully saturated rings. The van der Waals surface area contributed by atoms with Crippen molar-refractivity contribution in [2.24, 2.45) is 0 Å². The van der Waals surface area contributed by atoms with Crippen LogP contribution < -0.4 is 4.74 Å². The van der Waals surface area contributed by atoms with Crippen molar-refractivity contribution < 1.29 is 13.5 Å². The van der Waals surface area contributed by atoms with Crippen LogP contribution in [0.5, 0.6) is 5.88 Å². The maximum atomic E-state index is 12.8. The van der Waals surface area contributed by atoms with Crippen molar-refractivity contribution >= 4 is 0 Å². The summed E-state index contributed by atoms with van der Waals surface area (Å²) in [6, 6.07) is 6.03. The fourth-order valence-corrected chi connectivity index (χ4v) is 2.20. The van der Waals surface area contributed by atoms with Crippen LogP contribution in [0.25, 0.3) is 11.5 Å². The molecule has 5 heteroatoms. The van der Waals surface area contributed by atoms with E-state index in [1.54, 1.807) is 12.1 Å². The lowest BCUT2D eigenvalue weighted by atomic mass is 10.2. The molecule has 21 heavy (non-hydrogen) atoms. The molecular weight excluding hydrogens is 271 g/mol. The number of likely N-dealkylation sites (N-methyl/N-ethyl adjacent to an activating group) is 1. The largest absolute Gasteiger partial charge is 0.471 e. The zero-order valence-corrected chi connectivity index (χ0v) is 12.7. The van der Waals surface area contributed by atoms with E-state index in [4.69, 9.17) is 9.15 Å². The minimum atomic E-state index is -0.277. The molecule has 0 N–H and O–H groups in total. The first-order chi connectivity index (χ1) is 10.2. The number of hydrogen-bond acceptors (Lipinski definition) is 4. The molecule has 0 spiro atoms. The van der Waals surface area contributed by atoms with Gasteiger partial charge in [-0.05, 0) is 37.7 Å². The van der Waals surface area contributed by atoms with Gasteiger partial charge >= 0.3 is 0 Å². The Hall–Kier alpha value is -1.88. The summed E-state index contributed by atoms with van der Waals surface area (Å²) in [5, 5.41) is 0. The van der Waals surface area contributed by atoms with Crippen LogP contribution in [-0.2, 0) is 0 Å². The van der Waals surface area contributed by atoms with Crippen LogP contribution in [0.15, 0.2) is 34.9 Å². The molecule has 1 aromatic heterocycles. The normalized spacial score (nSPS) is 18.2. The lowest BCUT2D eigenvalue weighted by Gasteiger charge is -2.10. The molecule has 1 atom stereocenters. The van der Waals surface area contributed by atoms with E-state index >= 15 is 0 Å². The van der Waals surface area contributed by atoms with Crippen molar-refractivity contribution in [3.63, 3.8) is 0 Å². The van der Waals surface area contributed by atoms with E-state index in [0.29, 0.717) is 11.8 Å². The van der Waals surface area contributed by atoms with Gasteiger partial charge in [0.1, 0.15) is 11.9 Å².